The van der Waals surface area contributed by atoms with Gasteiger partial charge in [0, 0.05) is 30.1 Å². The Bertz CT molecular complexity index is 759. The van der Waals surface area contributed by atoms with E-state index in [1.54, 1.807) is 55.6 Å². The maximum absolute atomic E-state index is 12.1. The van der Waals surface area contributed by atoms with Gasteiger partial charge in [-0.05, 0) is 30.3 Å². The van der Waals surface area contributed by atoms with Crippen LogP contribution < -0.4 is 20.7 Å². The second-order valence-corrected chi connectivity index (χ2v) is 5.19. The molecule has 2 rings (SSSR count). The van der Waals surface area contributed by atoms with Crippen molar-refractivity contribution in [3.05, 3.63) is 66.7 Å². The van der Waals surface area contributed by atoms with Crippen LogP contribution in [0.4, 0.5) is 11.4 Å². The minimum Gasteiger partial charge on any atom is -0.489 e. The van der Waals surface area contributed by atoms with Crippen LogP contribution in [0.3, 0.4) is 0 Å². The molecule has 0 atom stereocenters. The third-order valence-electron chi connectivity index (χ3n) is 3.29. The molecule has 0 radical (unpaired) electrons. The molecule has 0 saturated carbocycles. The van der Waals surface area contributed by atoms with E-state index in [9.17, 15) is 9.59 Å². The standard InChI is InChI=1S/C19H21N3O3/c1-3-10-25-17-9-5-8-16(12-17)22-18(23)13-21-15-7-4-6-14(11-15)19(24)20-2/h3-9,11-12,21H,1,10,13H2,2H3,(H,20,24)(H,22,23). The van der Waals surface area contributed by atoms with Gasteiger partial charge in [0.05, 0.1) is 6.54 Å². The summed E-state index contributed by atoms with van der Waals surface area (Å²) >= 11 is 0. The van der Waals surface area contributed by atoms with Gasteiger partial charge in [-0.2, -0.15) is 0 Å². The molecule has 2 amide bonds. The summed E-state index contributed by atoms with van der Waals surface area (Å²) in [7, 11) is 1.57. The second kappa shape index (κ2) is 9.12. The number of nitrogens with one attached hydrogen (secondary N) is 3. The molecule has 0 aliphatic rings. The summed E-state index contributed by atoms with van der Waals surface area (Å²) in [5.41, 5.74) is 1.87. The number of hydrogen-bond donors (Lipinski definition) is 3. The minimum absolute atomic E-state index is 0.0783. The predicted molar refractivity (Wildman–Crippen MR) is 99.1 cm³/mol. The molecule has 25 heavy (non-hydrogen) atoms. The van der Waals surface area contributed by atoms with Crippen LogP contribution in [0.2, 0.25) is 0 Å². The van der Waals surface area contributed by atoms with Gasteiger partial charge in [-0.15, -0.1) is 0 Å². The van der Waals surface area contributed by atoms with Crippen LogP contribution in [0.5, 0.6) is 5.75 Å². The zero-order valence-electron chi connectivity index (χ0n) is 14.0. The van der Waals surface area contributed by atoms with E-state index in [1.165, 1.54) is 0 Å². The molecule has 0 spiro atoms. The largest absolute Gasteiger partial charge is 0.489 e. The number of hydrogen-bond acceptors (Lipinski definition) is 4. The number of carbonyl (C=O) groups excluding carboxylic acids is 2. The van der Waals surface area contributed by atoms with Gasteiger partial charge in [-0.3, -0.25) is 9.59 Å². The first-order valence-electron chi connectivity index (χ1n) is 7.82. The normalized spacial score (nSPS) is 9.80. The van der Waals surface area contributed by atoms with E-state index in [0.717, 1.165) is 0 Å². The molecule has 0 unspecified atom stereocenters. The van der Waals surface area contributed by atoms with Gasteiger partial charge in [-0.1, -0.05) is 24.8 Å². The first-order valence-corrected chi connectivity index (χ1v) is 7.82. The van der Waals surface area contributed by atoms with Crippen LogP contribution in [0, 0.1) is 0 Å². The lowest BCUT2D eigenvalue weighted by molar-refractivity contribution is -0.114. The van der Waals surface area contributed by atoms with E-state index in [4.69, 9.17) is 4.74 Å². The SMILES string of the molecule is C=CCOc1cccc(NC(=O)CNc2cccc(C(=O)NC)c2)c1. The van der Waals surface area contributed by atoms with Gasteiger partial charge in [0.15, 0.2) is 0 Å². The molecule has 2 aromatic carbocycles. The molecule has 2 aromatic rings. The number of ether oxygens (including phenoxy) is 1. The topological polar surface area (TPSA) is 79.5 Å². The highest BCUT2D eigenvalue weighted by atomic mass is 16.5. The molecule has 0 fully saturated rings. The van der Waals surface area contributed by atoms with Gasteiger partial charge in [0.2, 0.25) is 5.91 Å². The molecule has 0 saturated heterocycles. The van der Waals surface area contributed by atoms with Crippen molar-refractivity contribution in [3.63, 3.8) is 0 Å². The molecule has 130 valence electrons. The lowest BCUT2D eigenvalue weighted by atomic mass is 10.2. The van der Waals surface area contributed by atoms with Crippen LogP contribution in [0.15, 0.2) is 61.2 Å². The zero-order valence-corrected chi connectivity index (χ0v) is 14.0. The molecule has 6 nitrogen and oxygen atoms in total. The smallest absolute Gasteiger partial charge is 0.251 e. The summed E-state index contributed by atoms with van der Waals surface area (Å²) in [5.74, 6) is 0.277. The number of benzene rings is 2. The summed E-state index contributed by atoms with van der Waals surface area (Å²) in [6, 6.07) is 14.1. The van der Waals surface area contributed by atoms with E-state index < -0.39 is 0 Å². The molecule has 0 heterocycles. The first-order chi connectivity index (χ1) is 12.1. The average Bonchev–Trinajstić information content (AvgIpc) is 2.64. The summed E-state index contributed by atoms with van der Waals surface area (Å²) in [5, 5.41) is 8.35. The van der Waals surface area contributed by atoms with Crippen molar-refractivity contribution in [2.45, 2.75) is 0 Å². The molecule has 0 aliphatic carbocycles. The van der Waals surface area contributed by atoms with Crippen LogP contribution in [-0.2, 0) is 4.79 Å². The maximum atomic E-state index is 12.1. The zero-order chi connectivity index (χ0) is 18.1. The van der Waals surface area contributed by atoms with Crippen molar-refractivity contribution >= 4 is 23.2 Å². The van der Waals surface area contributed by atoms with Crippen LogP contribution in [0.1, 0.15) is 10.4 Å². The molecule has 0 aromatic heterocycles. The van der Waals surface area contributed by atoms with Crippen LogP contribution >= 0.6 is 0 Å². The molecular weight excluding hydrogens is 318 g/mol. The molecule has 0 bridgehead atoms. The van der Waals surface area contributed by atoms with Crippen molar-refractivity contribution in [2.75, 3.05) is 30.8 Å². The van der Waals surface area contributed by atoms with E-state index in [-0.39, 0.29) is 18.4 Å². The molecule has 3 N–H and O–H groups in total. The van der Waals surface area contributed by atoms with Gasteiger partial charge >= 0.3 is 0 Å². The number of amides is 2. The number of rotatable bonds is 8. The van der Waals surface area contributed by atoms with Gasteiger partial charge < -0.3 is 20.7 Å². The van der Waals surface area contributed by atoms with Gasteiger partial charge in [0.1, 0.15) is 12.4 Å². The second-order valence-electron chi connectivity index (χ2n) is 5.19. The van der Waals surface area contributed by atoms with Crippen molar-refractivity contribution in [1.29, 1.82) is 0 Å². The molecular formula is C19H21N3O3. The highest BCUT2D eigenvalue weighted by Crippen LogP contribution is 2.17. The summed E-state index contributed by atoms with van der Waals surface area (Å²) < 4.78 is 5.43. The van der Waals surface area contributed by atoms with E-state index >= 15 is 0 Å². The third-order valence-corrected chi connectivity index (χ3v) is 3.29. The Balaban J connectivity index is 1.90. The monoisotopic (exact) mass is 339 g/mol. The van der Waals surface area contributed by atoms with E-state index in [1.807, 2.05) is 6.07 Å². The van der Waals surface area contributed by atoms with Crippen LogP contribution in [0.25, 0.3) is 0 Å². The molecule has 6 heteroatoms. The van der Waals surface area contributed by atoms with Gasteiger partial charge in [-0.25, -0.2) is 0 Å². The Morgan fingerprint density at radius 1 is 1.12 bits per heavy atom. The Labute approximate surface area is 146 Å². The summed E-state index contributed by atoms with van der Waals surface area (Å²) in [6.07, 6.45) is 1.65. The molecule has 0 aliphatic heterocycles. The summed E-state index contributed by atoms with van der Waals surface area (Å²) in [6.45, 7) is 4.08. The highest BCUT2D eigenvalue weighted by molar-refractivity contribution is 5.96. The van der Waals surface area contributed by atoms with Crippen LogP contribution in [-0.4, -0.2) is 32.0 Å². The van der Waals surface area contributed by atoms with E-state index in [2.05, 4.69) is 22.5 Å². The lowest BCUT2D eigenvalue weighted by Gasteiger charge is -2.10. The fraction of sp³-hybridized carbons (Fsp3) is 0.158. The average molecular weight is 339 g/mol. The maximum Gasteiger partial charge on any atom is 0.251 e. The Kier molecular flexibility index (Phi) is 6.59. The fourth-order valence-corrected chi connectivity index (χ4v) is 2.12. The first kappa shape index (κ1) is 18.1. The highest BCUT2D eigenvalue weighted by Gasteiger charge is 2.06. The number of carbonyl (C=O) groups is 2. The Morgan fingerprint density at radius 2 is 1.88 bits per heavy atom. The minimum atomic E-state index is -0.203. The lowest BCUT2D eigenvalue weighted by Crippen LogP contribution is -2.22. The predicted octanol–water partition coefficient (Wildman–Crippen LogP) is 2.66. The Hall–Kier alpha value is -3.28. The fourth-order valence-electron chi connectivity index (χ4n) is 2.12. The van der Waals surface area contributed by atoms with Crippen molar-refractivity contribution < 1.29 is 14.3 Å². The van der Waals surface area contributed by atoms with Crippen molar-refractivity contribution in [3.8, 4) is 5.75 Å². The quantitative estimate of drug-likeness (QED) is 0.646. The third kappa shape index (κ3) is 5.69. The summed E-state index contributed by atoms with van der Waals surface area (Å²) in [4.78, 5) is 23.7. The van der Waals surface area contributed by atoms with Crippen molar-refractivity contribution in [1.82, 2.24) is 5.32 Å². The van der Waals surface area contributed by atoms with Crippen molar-refractivity contribution in [2.24, 2.45) is 0 Å². The van der Waals surface area contributed by atoms with Gasteiger partial charge in [0.25, 0.3) is 5.91 Å². The number of anilines is 2. The van der Waals surface area contributed by atoms with E-state index in [0.29, 0.717) is 29.3 Å². The Morgan fingerprint density at radius 3 is 2.64 bits per heavy atom.